The molecule has 8 heteroatoms. The summed E-state index contributed by atoms with van der Waals surface area (Å²) in [4.78, 5) is 30.7. The number of hydrogen-bond acceptors (Lipinski definition) is 5. The van der Waals surface area contributed by atoms with E-state index in [4.69, 9.17) is 10.1 Å². The summed E-state index contributed by atoms with van der Waals surface area (Å²) in [5, 5.41) is 11.8. The maximum Gasteiger partial charge on any atom is 0.267 e. The average molecular weight is 395 g/mol. The van der Waals surface area contributed by atoms with Gasteiger partial charge in [0, 0.05) is 25.4 Å². The number of aromatic nitrogens is 3. The average Bonchev–Trinajstić information content (AvgIpc) is 3.20. The van der Waals surface area contributed by atoms with Gasteiger partial charge in [-0.2, -0.15) is 0 Å². The molecule has 4 heterocycles. The minimum absolute atomic E-state index is 0.00465. The maximum atomic E-state index is 13.2. The summed E-state index contributed by atoms with van der Waals surface area (Å²) < 4.78 is 8.68. The number of ether oxygens (including phenoxy) is 1. The van der Waals surface area contributed by atoms with Crippen LogP contribution in [0, 0.1) is 12.3 Å². The van der Waals surface area contributed by atoms with Crippen molar-refractivity contribution in [1.29, 1.82) is 5.41 Å². The molecular weight excluding hydrogens is 370 g/mol. The molecule has 1 aliphatic rings. The second-order valence-corrected chi connectivity index (χ2v) is 7.75. The lowest BCUT2D eigenvalue weighted by molar-refractivity contribution is 0.0855. The van der Waals surface area contributed by atoms with Gasteiger partial charge in [-0.15, -0.1) is 0 Å². The van der Waals surface area contributed by atoms with Crippen molar-refractivity contribution in [1.82, 2.24) is 19.3 Å². The van der Waals surface area contributed by atoms with Gasteiger partial charge < -0.3 is 14.6 Å². The van der Waals surface area contributed by atoms with E-state index in [1.807, 2.05) is 26.8 Å². The number of nitrogens with zero attached hydrogens (tertiary/aromatic N) is 3. The van der Waals surface area contributed by atoms with E-state index in [0.29, 0.717) is 29.8 Å². The first kappa shape index (κ1) is 19.3. The number of fused-ring (bicyclic) bond motifs is 2. The SMILES string of the molecule is Cc1cccn2c(=O)c3cc(C(=O)NCC4CCCO4)c(=N)n(C(C)C)c3nc12. The van der Waals surface area contributed by atoms with Gasteiger partial charge in [0.15, 0.2) is 0 Å². The third-order valence-electron chi connectivity index (χ3n) is 5.35. The van der Waals surface area contributed by atoms with E-state index in [0.717, 1.165) is 18.4 Å². The first-order valence-electron chi connectivity index (χ1n) is 9.90. The highest BCUT2D eigenvalue weighted by Gasteiger charge is 2.21. The van der Waals surface area contributed by atoms with E-state index in [9.17, 15) is 9.59 Å². The van der Waals surface area contributed by atoms with E-state index in [2.05, 4.69) is 10.3 Å². The van der Waals surface area contributed by atoms with Crippen LogP contribution in [0.1, 0.15) is 48.7 Å². The number of hydrogen-bond donors (Lipinski definition) is 2. The molecule has 8 nitrogen and oxygen atoms in total. The Morgan fingerprint density at radius 1 is 1.41 bits per heavy atom. The third-order valence-corrected chi connectivity index (χ3v) is 5.35. The fraction of sp³-hybridized carbons (Fsp3) is 0.429. The summed E-state index contributed by atoms with van der Waals surface area (Å²) in [5.41, 5.74) is 1.79. The number of aryl methyl sites for hydroxylation is 1. The molecule has 1 saturated heterocycles. The van der Waals surface area contributed by atoms with Crippen molar-refractivity contribution in [2.75, 3.05) is 13.2 Å². The Balaban J connectivity index is 1.90. The predicted octanol–water partition coefficient (Wildman–Crippen LogP) is 1.93. The molecular formula is C21H25N5O3. The van der Waals surface area contributed by atoms with Gasteiger partial charge >= 0.3 is 0 Å². The zero-order chi connectivity index (χ0) is 20.7. The Labute approximate surface area is 167 Å². The molecule has 4 rings (SSSR count). The molecule has 1 fully saturated rings. The summed E-state index contributed by atoms with van der Waals surface area (Å²) >= 11 is 0. The Bertz CT molecular complexity index is 1220. The van der Waals surface area contributed by atoms with E-state index < -0.39 is 0 Å². The minimum atomic E-state index is -0.379. The van der Waals surface area contributed by atoms with Gasteiger partial charge in [-0.1, -0.05) is 6.07 Å². The van der Waals surface area contributed by atoms with Gasteiger partial charge in [-0.3, -0.25) is 19.4 Å². The van der Waals surface area contributed by atoms with Crippen LogP contribution in [0.25, 0.3) is 16.7 Å². The Morgan fingerprint density at radius 3 is 2.90 bits per heavy atom. The largest absolute Gasteiger partial charge is 0.376 e. The summed E-state index contributed by atoms with van der Waals surface area (Å²) in [7, 11) is 0. The number of carbonyl (C=O) groups is 1. The first-order chi connectivity index (χ1) is 13.9. The predicted molar refractivity (Wildman–Crippen MR) is 109 cm³/mol. The summed E-state index contributed by atoms with van der Waals surface area (Å²) in [6.45, 7) is 6.82. The molecule has 29 heavy (non-hydrogen) atoms. The molecule has 3 aromatic rings. The van der Waals surface area contributed by atoms with Crippen LogP contribution in [-0.2, 0) is 4.74 Å². The van der Waals surface area contributed by atoms with Crippen molar-refractivity contribution in [3.8, 4) is 0 Å². The van der Waals surface area contributed by atoms with Crippen LogP contribution in [0.15, 0.2) is 29.2 Å². The number of nitrogens with one attached hydrogen (secondary N) is 2. The normalized spacial score (nSPS) is 16.8. The van der Waals surface area contributed by atoms with Crippen LogP contribution in [0.4, 0.5) is 0 Å². The van der Waals surface area contributed by atoms with Crippen molar-refractivity contribution in [3.05, 3.63) is 51.4 Å². The lowest BCUT2D eigenvalue weighted by Gasteiger charge is -2.18. The zero-order valence-corrected chi connectivity index (χ0v) is 16.9. The molecule has 1 unspecified atom stereocenters. The molecule has 0 spiro atoms. The second kappa shape index (κ2) is 7.44. The van der Waals surface area contributed by atoms with Gasteiger partial charge in [0.1, 0.15) is 16.8 Å². The summed E-state index contributed by atoms with van der Waals surface area (Å²) in [6, 6.07) is 5.03. The van der Waals surface area contributed by atoms with E-state index >= 15 is 0 Å². The van der Waals surface area contributed by atoms with Crippen LogP contribution in [-0.4, -0.2) is 39.1 Å². The Hall–Kier alpha value is -3.00. The number of carbonyl (C=O) groups excluding carboxylic acids is 1. The molecule has 0 aliphatic carbocycles. The van der Waals surface area contributed by atoms with Crippen molar-refractivity contribution < 1.29 is 9.53 Å². The van der Waals surface area contributed by atoms with Gasteiger partial charge in [-0.25, -0.2) is 4.98 Å². The molecule has 0 saturated carbocycles. The molecule has 3 aromatic heterocycles. The van der Waals surface area contributed by atoms with Gasteiger partial charge in [-0.05, 0) is 51.3 Å². The highest BCUT2D eigenvalue weighted by atomic mass is 16.5. The molecule has 1 amide bonds. The molecule has 2 N–H and O–H groups in total. The van der Waals surface area contributed by atoms with E-state index in [-0.39, 0.29) is 34.7 Å². The van der Waals surface area contributed by atoms with Crippen LogP contribution in [0.5, 0.6) is 0 Å². The van der Waals surface area contributed by atoms with Crippen LogP contribution < -0.4 is 16.4 Å². The first-order valence-corrected chi connectivity index (χ1v) is 9.90. The minimum Gasteiger partial charge on any atom is -0.376 e. The Morgan fingerprint density at radius 2 is 2.21 bits per heavy atom. The monoisotopic (exact) mass is 395 g/mol. The highest BCUT2D eigenvalue weighted by Crippen LogP contribution is 2.16. The van der Waals surface area contributed by atoms with Crippen molar-refractivity contribution in [2.45, 2.75) is 45.8 Å². The van der Waals surface area contributed by atoms with Crippen molar-refractivity contribution >= 4 is 22.6 Å². The third kappa shape index (κ3) is 3.33. The van der Waals surface area contributed by atoms with Gasteiger partial charge in [0.25, 0.3) is 11.5 Å². The lowest BCUT2D eigenvalue weighted by Crippen LogP contribution is -2.38. The zero-order valence-electron chi connectivity index (χ0n) is 16.9. The molecule has 0 bridgehead atoms. The molecule has 1 atom stereocenters. The topological polar surface area (TPSA) is 101 Å². The Kier molecular flexibility index (Phi) is 4.96. The molecule has 0 aromatic carbocycles. The van der Waals surface area contributed by atoms with E-state index in [1.165, 1.54) is 10.5 Å². The van der Waals surface area contributed by atoms with E-state index in [1.54, 1.807) is 16.8 Å². The summed E-state index contributed by atoms with van der Waals surface area (Å²) in [5.74, 6) is -0.379. The fourth-order valence-electron chi connectivity index (χ4n) is 3.84. The molecule has 1 aliphatic heterocycles. The van der Waals surface area contributed by atoms with Crippen LogP contribution in [0.3, 0.4) is 0 Å². The summed E-state index contributed by atoms with van der Waals surface area (Å²) in [6.07, 6.45) is 3.57. The standard InChI is InChI=1S/C21H25N5O3/c1-12(2)26-17(22)15(20(27)23-11-14-7-5-9-29-14)10-16-19(26)24-18-13(3)6-4-8-25(18)21(16)28/h4,6,8,10,12,14,22H,5,7,9,11H2,1-3H3,(H,23,27). The number of amides is 1. The van der Waals surface area contributed by atoms with Gasteiger partial charge in [0.2, 0.25) is 0 Å². The smallest absolute Gasteiger partial charge is 0.267 e. The van der Waals surface area contributed by atoms with Crippen molar-refractivity contribution in [2.24, 2.45) is 0 Å². The lowest BCUT2D eigenvalue weighted by atomic mass is 10.1. The van der Waals surface area contributed by atoms with Crippen LogP contribution in [0.2, 0.25) is 0 Å². The molecule has 152 valence electrons. The molecule has 0 radical (unpaired) electrons. The number of pyridine rings is 2. The maximum absolute atomic E-state index is 13.2. The fourth-order valence-corrected chi connectivity index (χ4v) is 3.84. The van der Waals surface area contributed by atoms with Crippen LogP contribution >= 0.6 is 0 Å². The number of rotatable bonds is 4. The second-order valence-electron chi connectivity index (χ2n) is 7.75. The van der Waals surface area contributed by atoms with Crippen molar-refractivity contribution in [3.63, 3.8) is 0 Å². The van der Waals surface area contributed by atoms with Gasteiger partial charge in [0.05, 0.1) is 17.1 Å². The quantitative estimate of drug-likeness (QED) is 0.659. The highest BCUT2D eigenvalue weighted by molar-refractivity contribution is 5.96.